The molecule has 0 aliphatic heterocycles. The molecule has 2 aromatic heterocycles. The first kappa shape index (κ1) is 23.3. The molecule has 2 heterocycles. The average Bonchev–Trinajstić information content (AvgIpc) is 3.08. The average molecular weight is 435 g/mol. The summed E-state index contributed by atoms with van der Waals surface area (Å²) in [5, 5.41) is 11.2. The molecule has 0 atom stereocenters. The molecule has 3 rings (SSSR count). The number of hydrogen-bond acceptors (Lipinski definition) is 4. The van der Waals surface area contributed by atoms with Gasteiger partial charge in [-0.25, -0.2) is 14.7 Å². The number of nitrogens with zero attached hydrogens (tertiary/aromatic N) is 4. The fraction of sp³-hybridized carbons (Fsp3) is 0.400. The maximum absolute atomic E-state index is 6.10. The summed E-state index contributed by atoms with van der Waals surface area (Å²) in [5.74, 6) is 2.44. The minimum absolute atomic E-state index is 0.249. The predicted octanol–water partition coefficient (Wildman–Crippen LogP) is 4.32. The van der Waals surface area contributed by atoms with Crippen LogP contribution in [0.25, 0.3) is 5.82 Å². The number of benzene rings is 1. The summed E-state index contributed by atoms with van der Waals surface area (Å²) in [6, 6.07) is 14.1. The number of aryl methyl sites for hydroxylation is 2. The molecule has 0 saturated carbocycles. The number of pyridine rings is 1. The third-order valence-electron chi connectivity index (χ3n) is 4.63. The first-order valence-electron chi connectivity index (χ1n) is 11.0. The molecule has 0 fully saturated rings. The van der Waals surface area contributed by atoms with Gasteiger partial charge < -0.3 is 15.4 Å². The summed E-state index contributed by atoms with van der Waals surface area (Å²) in [6.07, 6.45) is 1.85. The third kappa shape index (κ3) is 6.57. The normalized spacial score (nSPS) is 12.0. The highest BCUT2D eigenvalue weighted by molar-refractivity contribution is 5.79. The molecule has 170 valence electrons. The molecule has 0 saturated heterocycles. The molecule has 3 aromatic rings. The van der Waals surface area contributed by atoms with Gasteiger partial charge in [0.25, 0.3) is 0 Å². The number of para-hydroxylation sites is 1. The van der Waals surface area contributed by atoms with Gasteiger partial charge in [-0.1, -0.05) is 24.3 Å². The number of rotatable bonds is 7. The molecule has 32 heavy (non-hydrogen) atoms. The van der Waals surface area contributed by atoms with Gasteiger partial charge >= 0.3 is 0 Å². The summed E-state index contributed by atoms with van der Waals surface area (Å²) < 4.78 is 7.95. The Kier molecular flexibility index (Phi) is 7.51. The summed E-state index contributed by atoms with van der Waals surface area (Å²) in [4.78, 5) is 9.28. The Morgan fingerprint density at radius 1 is 1.09 bits per heavy atom. The van der Waals surface area contributed by atoms with Crippen LogP contribution in [0.15, 0.2) is 53.7 Å². The number of guanidine groups is 1. The topological polar surface area (TPSA) is 76.4 Å². The molecule has 0 unspecified atom stereocenters. The van der Waals surface area contributed by atoms with Crippen LogP contribution < -0.4 is 15.4 Å². The Labute approximate surface area is 190 Å². The minimum atomic E-state index is -0.249. The zero-order chi connectivity index (χ0) is 23.1. The number of ether oxygens (including phenoxy) is 1. The quantitative estimate of drug-likeness (QED) is 0.428. The van der Waals surface area contributed by atoms with Crippen molar-refractivity contribution in [3.05, 3.63) is 71.2 Å². The lowest BCUT2D eigenvalue weighted by Gasteiger charge is -2.23. The Morgan fingerprint density at radius 2 is 1.88 bits per heavy atom. The summed E-state index contributed by atoms with van der Waals surface area (Å²) in [5.41, 5.74) is 3.91. The minimum Gasteiger partial charge on any atom is -0.488 e. The highest BCUT2D eigenvalue weighted by Gasteiger charge is 2.14. The van der Waals surface area contributed by atoms with Crippen molar-refractivity contribution in [1.29, 1.82) is 0 Å². The van der Waals surface area contributed by atoms with E-state index < -0.39 is 0 Å². The fourth-order valence-corrected chi connectivity index (χ4v) is 3.27. The second-order valence-corrected chi connectivity index (χ2v) is 8.73. The number of hydrogen-bond donors (Lipinski definition) is 2. The van der Waals surface area contributed by atoms with Crippen LogP contribution in [0.2, 0.25) is 0 Å². The van der Waals surface area contributed by atoms with Gasteiger partial charge in [-0.2, -0.15) is 5.10 Å². The van der Waals surface area contributed by atoms with Crippen LogP contribution in [0.5, 0.6) is 5.75 Å². The lowest BCUT2D eigenvalue weighted by molar-refractivity contribution is 0.129. The Morgan fingerprint density at radius 3 is 2.50 bits per heavy atom. The van der Waals surface area contributed by atoms with E-state index in [2.05, 4.69) is 54.5 Å². The van der Waals surface area contributed by atoms with E-state index in [1.54, 1.807) is 0 Å². The van der Waals surface area contributed by atoms with E-state index in [0.29, 0.717) is 13.1 Å². The van der Waals surface area contributed by atoms with Crippen molar-refractivity contribution in [1.82, 2.24) is 25.4 Å². The van der Waals surface area contributed by atoms with Crippen molar-refractivity contribution in [3.63, 3.8) is 0 Å². The van der Waals surface area contributed by atoms with E-state index in [0.717, 1.165) is 46.6 Å². The Balaban J connectivity index is 1.66. The standard InChI is InChI=1S/C25H34N6O/c1-7-26-24(29-17-21-10-8-9-11-22(21)32-25(4,5)6)28-16-20-12-13-23(27-15-20)31-19(3)14-18(2)30-31/h8-15H,7,16-17H2,1-6H3,(H2,26,28,29). The molecular formula is C25H34N6O. The van der Waals surface area contributed by atoms with Crippen molar-refractivity contribution in [3.8, 4) is 11.6 Å². The largest absolute Gasteiger partial charge is 0.488 e. The van der Waals surface area contributed by atoms with Gasteiger partial charge in [0.1, 0.15) is 11.4 Å². The molecule has 0 spiro atoms. The summed E-state index contributed by atoms with van der Waals surface area (Å²) in [6.45, 7) is 14.1. The van der Waals surface area contributed by atoms with Crippen molar-refractivity contribution < 1.29 is 4.74 Å². The number of aliphatic imine (C=N–C) groups is 1. The highest BCUT2D eigenvalue weighted by atomic mass is 16.5. The van der Waals surface area contributed by atoms with Crippen LogP contribution in [0.4, 0.5) is 0 Å². The molecule has 0 aliphatic rings. The van der Waals surface area contributed by atoms with Gasteiger partial charge in [0.15, 0.2) is 11.8 Å². The van der Waals surface area contributed by atoms with Crippen LogP contribution in [-0.4, -0.2) is 32.9 Å². The summed E-state index contributed by atoms with van der Waals surface area (Å²) >= 11 is 0. The van der Waals surface area contributed by atoms with Gasteiger partial charge in [0.2, 0.25) is 0 Å². The second kappa shape index (κ2) is 10.3. The monoisotopic (exact) mass is 434 g/mol. The molecular weight excluding hydrogens is 400 g/mol. The zero-order valence-electron chi connectivity index (χ0n) is 19.9. The first-order chi connectivity index (χ1) is 15.2. The lowest BCUT2D eigenvalue weighted by Crippen LogP contribution is -2.37. The van der Waals surface area contributed by atoms with Gasteiger partial charge in [-0.3, -0.25) is 0 Å². The van der Waals surface area contributed by atoms with E-state index >= 15 is 0 Å². The van der Waals surface area contributed by atoms with Gasteiger partial charge in [0.05, 0.1) is 12.2 Å². The van der Waals surface area contributed by atoms with E-state index in [1.165, 1.54) is 0 Å². The maximum atomic E-state index is 6.10. The maximum Gasteiger partial charge on any atom is 0.191 e. The molecule has 0 amide bonds. The molecule has 7 heteroatoms. The van der Waals surface area contributed by atoms with Gasteiger partial charge in [0, 0.05) is 30.5 Å². The second-order valence-electron chi connectivity index (χ2n) is 8.73. The number of nitrogens with one attached hydrogen (secondary N) is 2. The number of aromatic nitrogens is 3. The van der Waals surface area contributed by atoms with Crippen molar-refractivity contribution in [2.75, 3.05) is 6.54 Å². The van der Waals surface area contributed by atoms with Crippen molar-refractivity contribution >= 4 is 5.96 Å². The molecule has 0 radical (unpaired) electrons. The van der Waals surface area contributed by atoms with Crippen LogP contribution in [-0.2, 0) is 13.1 Å². The summed E-state index contributed by atoms with van der Waals surface area (Å²) in [7, 11) is 0. The van der Waals surface area contributed by atoms with E-state index in [1.807, 2.05) is 61.1 Å². The molecule has 7 nitrogen and oxygen atoms in total. The van der Waals surface area contributed by atoms with Crippen molar-refractivity contribution in [2.24, 2.45) is 4.99 Å². The smallest absolute Gasteiger partial charge is 0.191 e. The molecule has 1 aromatic carbocycles. The Hall–Kier alpha value is -3.35. The van der Waals surface area contributed by atoms with E-state index in [9.17, 15) is 0 Å². The third-order valence-corrected chi connectivity index (χ3v) is 4.63. The van der Waals surface area contributed by atoms with E-state index in [4.69, 9.17) is 9.73 Å². The van der Waals surface area contributed by atoms with E-state index in [-0.39, 0.29) is 5.60 Å². The highest BCUT2D eigenvalue weighted by Crippen LogP contribution is 2.22. The molecule has 0 aliphatic carbocycles. The first-order valence-corrected chi connectivity index (χ1v) is 11.0. The van der Waals surface area contributed by atoms with Gasteiger partial charge in [-0.15, -0.1) is 0 Å². The van der Waals surface area contributed by atoms with Crippen LogP contribution in [0.3, 0.4) is 0 Å². The van der Waals surface area contributed by atoms with Crippen LogP contribution >= 0.6 is 0 Å². The molecule has 0 bridgehead atoms. The van der Waals surface area contributed by atoms with Crippen molar-refractivity contribution in [2.45, 2.75) is 60.2 Å². The Bertz CT molecular complexity index is 1050. The SMILES string of the molecule is CCNC(=NCc1ccc(-n2nc(C)cc2C)nc1)NCc1ccccc1OC(C)(C)C. The lowest BCUT2D eigenvalue weighted by atomic mass is 10.1. The van der Waals surface area contributed by atoms with Gasteiger partial charge in [-0.05, 0) is 65.3 Å². The van der Waals surface area contributed by atoms with Crippen LogP contribution in [0, 0.1) is 13.8 Å². The molecule has 2 N–H and O–H groups in total. The predicted molar refractivity (Wildman–Crippen MR) is 129 cm³/mol. The van der Waals surface area contributed by atoms with Crippen LogP contribution in [0.1, 0.15) is 50.2 Å². The fourth-order valence-electron chi connectivity index (χ4n) is 3.27. The zero-order valence-corrected chi connectivity index (χ0v) is 19.9.